The maximum absolute atomic E-state index is 14.4. The molecule has 2 aromatic rings. The summed E-state index contributed by atoms with van der Waals surface area (Å²) in [6, 6.07) is 10.7. The zero-order valence-corrected chi connectivity index (χ0v) is 14.5. The lowest BCUT2D eigenvalue weighted by Crippen LogP contribution is -2.40. The normalized spacial score (nSPS) is 12.6. The summed E-state index contributed by atoms with van der Waals surface area (Å²) < 4.78 is 24.8. The number of ether oxygens (including phenoxy) is 2. The summed E-state index contributed by atoms with van der Waals surface area (Å²) in [5, 5.41) is 9.53. The molecule has 0 saturated heterocycles. The van der Waals surface area contributed by atoms with Crippen molar-refractivity contribution in [2.75, 3.05) is 7.11 Å². The quantitative estimate of drug-likeness (QED) is 0.785. The third-order valence-corrected chi connectivity index (χ3v) is 4.07. The van der Waals surface area contributed by atoms with Crippen LogP contribution in [-0.4, -0.2) is 23.8 Å². The number of aliphatic hydroxyl groups is 1. The van der Waals surface area contributed by atoms with E-state index in [9.17, 15) is 14.3 Å². The van der Waals surface area contributed by atoms with Gasteiger partial charge in [-0.15, -0.1) is 0 Å². The Balaban J connectivity index is 2.30. The van der Waals surface area contributed by atoms with E-state index in [1.54, 1.807) is 50.2 Å². The average molecular weight is 347 g/mol. The van der Waals surface area contributed by atoms with Crippen LogP contribution in [0.3, 0.4) is 0 Å². The lowest BCUT2D eigenvalue weighted by atomic mass is 9.89. The number of halogens is 1. The van der Waals surface area contributed by atoms with E-state index in [1.165, 1.54) is 13.2 Å². The summed E-state index contributed by atoms with van der Waals surface area (Å²) in [5.41, 5.74) is 5.88. The van der Waals surface area contributed by atoms with E-state index in [-0.39, 0.29) is 11.3 Å². The lowest BCUT2D eigenvalue weighted by molar-refractivity contribution is -0.0132. The van der Waals surface area contributed by atoms with Crippen molar-refractivity contribution in [3.63, 3.8) is 0 Å². The van der Waals surface area contributed by atoms with E-state index >= 15 is 0 Å². The number of hydrogen-bond acceptors (Lipinski definition) is 5. The first-order valence-electron chi connectivity index (χ1n) is 7.82. The second-order valence-electron chi connectivity index (χ2n) is 6.14. The van der Waals surface area contributed by atoms with Crippen molar-refractivity contribution in [2.24, 2.45) is 5.73 Å². The van der Waals surface area contributed by atoms with Crippen LogP contribution in [0.15, 0.2) is 42.5 Å². The van der Waals surface area contributed by atoms with E-state index in [1.807, 2.05) is 0 Å². The first kappa shape index (κ1) is 18.9. The second-order valence-corrected chi connectivity index (χ2v) is 6.14. The van der Waals surface area contributed by atoms with E-state index in [2.05, 4.69) is 0 Å². The molecule has 0 aliphatic carbocycles. The van der Waals surface area contributed by atoms with Gasteiger partial charge in [0.25, 0.3) is 0 Å². The highest BCUT2D eigenvalue weighted by Gasteiger charge is 2.34. The molecule has 0 fully saturated rings. The molecular formula is C19H22FNO4. The molecule has 134 valence electrons. The zero-order valence-electron chi connectivity index (χ0n) is 14.5. The number of methoxy groups -OCH3 is 1. The van der Waals surface area contributed by atoms with Crippen molar-refractivity contribution in [3.8, 4) is 5.75 Å². The fourth-order valence-corrected chi connectivity index (χ4v) is 2.53. The van der Waals surface area contributed by atoms with Crippen LogP contribution in [0.25, 0.3) is 0 Å². The second kappa shape index (κ2) is 7.63. The molecule has 0 aliphatic heterocycles. The van der Waals surface area contributed by atoms with Gasteiger partial charge in [0.15, 0.2) is 11.6 Å². The molecule has 5 nitrogen and oxygen atoms in total. The highest BCUT2D eigenvalue weighted by molar-refractivity contribution is 5.89. The maximum Gasteiger partial charge on any atom is 0.338 e. The molecule has 6 heteroatoms. The van der Waals surface area contributed by atoms with Gasteiger partial charge >= 0.3 is 5.97 Å². The van der Waals surface area contributed by atoms with Gasteiger partial charge in [-0.2, -0.15) is 0 Å². The summed E-state index contributed by atoms with van der Waals surface area (Å²) in [6.07, 6.45) is 0. The summed E-state index contributed by atoms with van der Waals surface area (Å²) in [6.45, 7) is 2.73. The number of carbonyl (C=O) groups is 1. The minimum Gasteiger partial charge on any atom is -0.494 e. The van der Waals surface area contributed by atoms with Gasteiger partial charge in [-0.25, -0.2) is 9.18 Å². The van der Waals surface area contributed by atoms with Gasteiger partial charge in [-0.3, -0.25) is 0 Å². The fraction of sp³-hybridized carbons (Fsp3) is 0.316. The first-order chi connectivity index (χ1) is 11.8. The predicted molar refractivity (Wildman–Crippen MR) is 91.7 cm³/mol. The molecule has 25 heavy (non-hydrogen) atoms. The molecule has 1 atom stereocenters. The highest BCUT2D eigenvalue weighted by Crippen LogP contribution is 2.33. The smallest absolute Gasteiger partial charge is 0.338 e. The number of esters is 1. The minimum absolute atomic E-state index is 0.0130. The third kappa shape index (κ3) is 3.97. The maximum atomic E-state index is 14.4. The van der Waals surface area contributed by atoms with Crippen molar-refractivity contribution in [3.05, 3.63) is 65.0 Å². The SMILES string of the molecule is COc1ccc(C(N)C(C)(C)OC(=O)c2ccccc2)c(CO)c1F. The van der Waals surface area contributed by atoms with E-state index < -0.39 is 30.0 Å². The van der Waals surface area contributed by atoms with Crippen LogP contribution in [0.2, 0.25) is 0 Å². The van der Waals surface area contributed by atoms with Gasteiger partial charge in [0.05, 0.1) is 25.3 Å². The van der Waals surface area contributed by atoms with E-state index in [0.29, 0.717) is 11.1 Å². The van der Waals surface area contributed by atoms with Crippen molar-refractivity contribution < 1.29 is 23.8 Å². The predicted octanol–water partition coefficient (Wildman–Crippen LogP) is 2.96. The molecule has 0 bridgehead atoms. The summed E-state index contributed by atoms with van der Waals surface area (Å²) in [7, 11) is 1.34. The molecule has 0 radical (unpaired) electrons. The highest BCUT2D eigenvalue weighted by atomic mass is 19.1. The number of aliphatic hydroxyl groups excluding tert-OH is 1. The number of nitrogens with two attached hydrogens (primary N) is 1. The molecule has 0 aromatic heterocycles. The topological polar surface area (TPSA) is 81.8 Å². The monoisotopic (exact) mass is 347 g/mol. The summed E-state index contributed by atoms with van der Waals surface area (Å²) in [5.74, 6) is -1.19. The Kier molecular flexibility index (Phi) is 5.77. The van der Waals surface area contributed by atoms with Crippen LogP contribution >= 0.6 is 0 Å². The molecule has 0 heterocycles. The molecule has 2 aromatic carbocycles. The number of rotatable bonds is 6. The lowest BCUT2D eigenvalue weighted by Gasteiger charge is -2.33. The molecule has 3 N–H and O–H groups in total. The molecule has 0 amide bonds. The number of benzene rings is 2. The number of hydrogen-bond donors (Lipinski definition) is 2. The minimum atomic E-state index is -1.13. The summed E-state index contributed by atoms with van der Waals surface area (Å²) >= 11 is 0. The molecule has 0 aliphatic rings. The van der Waals surface area contributed by atoms with Gasteiger partial charge in [-0.1, -0.05) is 24.3 Å². The van der Waals surface area contributed by atoms with Crippen LogP contribution in [0, 0.1) is 5.82 Å². The van der Waals surface area contributed by atoms with Crippen molar-refractivity contribution >= 4 is 5.97 Å². The Morgan fingerprint density at radius 2 is 1.88 bits per heavy atom. The Morgan fingerprint density at radius 1 is 1.24 bits per heavy atom. The van der Waals surface area contributed by atoms with Crippen LogP contribution in [0.1, 0.15) is 41.4 Å². The van der Waals surface area contributed by atoms with Gasteiger partial charge in [-0.05, 0) is 37.6 Å². The largest absolute Gasteiger partial charge is 0.494 e. The Bertz CT molecular complexity index is 747. The van der Waals surface area contributed by atoms with Gasteiger partial charge < -0.3 is 20.3 Å². The Morgan fingerprint density at radius 3 is 2.44 bits per heavy atom. The zero-order chi connectivity index (χ0) is 18.6. The molecule has 2 rings (SSSR count). The van der Waals surface area contributed by atoms with Crippen molar-refractivity contribution in [1.29, 1.82) is 0 Å². The van der Waals surface area contributed by atoms with Crippen molar-refractivity contribution in [1.82, 2.24) is 0 Å². The standard InChI is InChI=1S/C19H22FNO4/c1-19(2,25-18(23)12-7-5-4-6-8-12)17(21)13-9-10-15(24-3)16(20)14(13)11-22/h4-10,17,22H,11,21H2,1-3H3. The van der Waals surface area contributed by atoms with Crippen LogP contribution in [-0.2, 0) is 11.3 Å². The third-order valence-electron chi connectivity index (χ3n) is 4.07. The number of carbonyl (C=O) groups excluding carboxylic acids is 1. The van der Waals surface area contributed by atoms with E-state index in [4.69, 9.17) is 15.2 Å². The molecular weight excluding hydrogens is 325 g/mol. The summed E-state index contributed by atoms with van der Waals surface area (Å²) in [4.78, 5) is 12.3. The van der Waals surface area contributed by atoms with Crippen LogP contribution in [0.4, 0.5) is 4.39 Å². The van der Waals surface area contributed by atoms with Gasteiger partial charge in [0, 0.05) is 5.56 Å². The van der Waals surface area contributed by atoms with Gasteiger partial charge in [0.1, 0.15) is 5.60 Å². The molecule has 0 saturated carbocycles. The molecule has 0 spiro atoms. The first-order valence-corrected chi connectivity index (χ1v) is 7.82. The Hall–Kier alpha value is -2.44. The van der Waals surface area contributed by atoms with Crippen LogP contribution < -0.4 is 10.5 Å². The molecule has 1 unspecified atom stereocenters. The Labute approximate surface area is 146 Å². The van der Waals surface area contributed by atoms with Crippen molar-refractivity contribution in [2.45, 2.75) is 32.1 Å². The average Bonchev–Trinajstić information content (AvgIpc) is 2.61. The fourth-order valence-electron chi connectivity index (χ4n) is 2.53. The van der Waals surface area contributed by atoms with E-state index in [0.717, 1.165) is 0 Å². The van der Waals surface area contributed by atoms with Gasteiger partial charge in [0.2, 0.25) is 0 Å². The van der Waals surface area contributed by atoms with Crippen LogP contribution in [0.5, 0.6) is 5.75 Å².